The number of nitrogens with two attached hydrogens (primary N) is 1. The molecule has 0 aromatic carbocycles. The van der Waals surface area contributed by atoms with Crippen LogP contribution in [0.4, 0.5) is 0 Å². The quantitative estimate of drug-likeness (QED) is 0.149. The minimum Gasteiger partial charge on any atom is -0.480 e. The second kappa shape index (κ2) is 12.8. The third-order valence-electron chi connectivity index (χ3n) is 3.90. The zero-order chi connectivity index (χ0) is 20.1. The zero-order valence-corrected chi connectivity index (χ0v) is 15.1. The topological polar surface area (TPSA) is 168 Å². The lowest BCUT2D eigenvalue weighted by Crippen LogP contribution is -2.53. The molecule has 26 heavy (non-hydrogen) atoms. The molecule has 6 N–H and O–H groups in total. The maximum atomic E-state index is 12.2. The molecule has 148 valence electrons. The Balaban J connectivity index is 4.63. The van der Waals surface area contributed by atoms with Crippen molar-refractivity contribution in [1.82, 2.24) is 16.0 Å². The predicted molar refractivity (Wildman–Crippen MR) is 92.9 cm³/mol. The molecule has 3 atom stereocenters. The monoisotopic (exact) mass is 372 g/mol. The first kappa shape index (κ1) is 23.5. The fourth-order valence-electron chi connectivity index (χ4n) is 2.16. The number of carbonyl (C=O) groups is 5. The summed E-state index contributed by atoms with van der Waals surface area (Å²) >= 11 is 0. The van der Waals surface area contributed by atoms with Crippen molar-refractivity contribution in [2.24, 2.45) is 11.7 Å². The number of aliphatic carboxylic acids is 1. The predicted octanol–water partition coefficient (Wildman–Crippen LogP) is -1.47. The summed E-state index contributed by atoms with van der Waals surface area (Å²) in [5, 5.41) is 16.1. The van der Waals surface area contributed by atoms with Crippen LogP contribution >= 0.6 is 0 Å². The van der Waals surface area contributed by atoms with Crippen molar-refractivity contribution in [3.05, 3.63) is 0 Å². The number of hydrogen-bond acceptors (Lipinski definition) is 6. The van der Waals surface area contributed by atoms with Crippen molar-refractivity contribution in [3.8, 4) is 0 Å². The van der Waals surface area contributed by atoms with Crippen LogP contribution in [0.3, 0.4) is 0 Å². The van der Waals surface area contributed by atoms with E-state index in [1.807, 2.05) is 6.92 Å². The maximum Gasteiger partial charge on any atom is 0.326 e. The molecule has 0 bridgehead atoms. The number of rotatable bonds is 13. The number of carboxylic acid groups (broad SMARTS) is 1. The van der Waals surface area contributed by atoms with E-state index in [0.29, 0.717) is 25.8 Å². The van der Waals surface area contributed by atoms with Gasteiger partial charge in [-0.1, -0.05) is 20.3 Å². The van der Waals surface area contributed by atoms with Crippen LogP contribution in [-0.4, -0.2) is 60.3 Å². The number of unbranched alkanes of at least 4 members (excludes halogenated alkanes) is 1. The molecule has 10 heteroatoms. The first-order chi connectivity index (χ1) is 12.3. The first-order valence-corrected chi connectivity index (χ1v) is 8.52. The van der Waals surface area contributed by atoms with Gasteiger partial charge >= 0.3 is 5.97 Å². The Kier molecular flexibility index (Phi) is 11.6. The third kappa shape index (κ3) is 9.11. The van der Waals surface area contributed by atoms with Gasteiger partial charge in [0, 0.05) is 0 Å². The molecule has 0 unspecified atom stereocenters. The highest BCUT2D eigenvalue weighted by Gasteiger charge is 2.26. The molecule has 0 aromatic rings. The number of nitrogens with one attached hydrogen (secondary N) is 3. The smallest absolute Gasteiger partial charge is 0.326 e. The molecule has 0 aromatic heterocycles. The van der Waals surface area contributed by atoms with Gasteiger partial charge in [0.15, 0.2) is 0 Å². The van der Waals surface area contributed by atoms with E-state index in [4.69, 9.17) is 10.8 Å². The van der Waals surface area contributed by atoms with Crippen molar-refractivity contribution in [2.75, 3.05) is 13.1 Å². The Morgan fingerprint density at radius 2 is 1.81 bits per heavy atom. The fourth-order valence-corrected chi connectivity index (χ4v) is 2.16. The van der Waals surface area contributed by atoms with Gasteiger partial charge in [0.1, 0.15) is 12.1 Å². The average Bonchev–Trinajstić information content (AvgIpc) is 2.62. The molecule has 0 heterocycles. The van der Waals surface area contributed by atoms with Crippen molar-refractivity contribution in [2.45, 2.75) is 51.6 Å². The van der Waals surface area contributed by atoms with E-state index in [1.165, 1.54) is 0 Å². The van der Waals surface area contributed by atoms with E-state index in [2.05, 4.69) is 16.0 Å². The van der Waals surface area contributed by atoms with E-state index in [0.717, 1.165) is 0 Å². The molecule has 0 radical (unpaired) electrons. The minimum absolute atomic E-state index is 0.0637. The molecule has 0 aliphatic rings. The van der Waals surface area contributed by atoms with Gasteiger partial charge in [0.2, 0.25) is 18.1 Å². The molecular weight excluding hydrogens is 344 g/mol. The van der Waals surface area contributed by atoms with Gasteiger partial charge in [-0.15, -0.1) is 0 Å². The van der Waals surface area contributed by atoms with Gasteiger partial charge in [0.25, 0.3) is 5.91 Å². The molecule has 0 rings (SSSR count). The van der Waals surface area contributed by atoms with E-state index in [9.17, 15) is 24.0 Å². The number of hydrogen-bond donors (Lipinski definition) is 5. The Hall–Kier alpha value is -2.49. The first-order valence-electron chi connectivity index (χ1n) is 8.52. The van der Waals surface area contributed by atoms with Crippen molar-refractivity contribution in [1.29, 1.82) is 0 Å². The third-order valence-corrected chi connectivity index (χ3v) is 3.90. The summed E-state index contributed by atoms with van der Waals surface area (Å²) in [4.78, 5) is 56.9. The lowest BCUT2D eigenvalue weighted by Gasteiger charge is -2.22. The molecular formula is C16H28N4O6. The summed E-state index contributed by atoms with van der Waals surface area (Å²) < 4.78 is 0. The molecule has 0 spiro atoms. The van der Waals surface area contributed by atoms with Gasteiger partial charge in [0.05, 0.1) is 6.54 Å². The highest BCUT2D eigenvalue weighted by molar-refractivity contribution is 6.24. The van der Waals surface area contributed by atoms with Crippen LogP contribution in [0.25, 0.3) is 0 Å². The van der Waals surface area contributed by atoms with Crippen LogP contribution in [0.15, 0.2) is 0 Å². The van der Waals surface area contributed by atoms with Gasteiger partial charge in [-0.05, 0) is 31.7 Å². The summed E-state index contributed by atoms with van der Waals surface area (Å²) in [6.07, 6.45) is 2.05. The Labute approximate surface area is 152 Å². The highest BCUT2D eigenvalue weighted by Crippen LogP contribution is 2.07. The normalized spacial score (nSPS) is 13.8. The molecule has 0 saturated carbocycles. The van der Waals surface area contributed by atoms with E-state index >= 15 is 0 Å². The second-order valence-corrected chi connectivity index (χ2v) is 5.95. The standard InChI is InChI=1S/C16H28N4O6/c1-3-10(2)14(20-13(23)9-21)15(24)18-8-12(22)19-11(16(25)26)6-4-5-7-17/h9-11,14H,3-8,17H2,1-2H3,(H,18,24)(H,19,22)(H,20,23)(H,25,26)/t10-,11-,14-/m0/s1. The number of carboxylic acids is 1. The minimum atomic E-state index is -1.17. The van der Waals surface area contributed by atoms with Gasteiger partial charge < -0.3 is 26.8 Å². The molecule has 0 aliphatic heterocycles. The van der Waals surface area contributed by atoms with E-state index in [1.54, 1.807) is 6.92 Å². The maximum absolute atomic E-state index is 12.2. The van der Waals surface area contributed by atoms with Crippen LogP contribution in [0.5, 0.6) is 0 Å². The molecule has 0 fully saturated rings. The van der Waals surface area contributed by atoms with Crippen molar-refractivity contribution >= 4 is 30.0 Å². The molecule has 10 nitrogen and oxygen atoms in total. The summed E-state index contributed by atoms with van der Waals surface area (Å²) in [7, 11) is 0. The summed E-state index contributed by atoms with van der Waals surface area (Å²) in [5.74, 6) is -3.65. The SMILES string of the molecule is CC[C@H](C)[C@H](NC(=O)C=O)C(=O)NCC(=O)N[C@@H](CCCCN)C(=O)O. The average molecular weight is 372 g/mol. The number of carbonyl (C=O) groups excluding carboxylic acids is 4. The van der Waals surface area contributed by atoms with Gasteiger partial charge in [-0.25, -0.2) is 4.79 Å². The van der Waals surface area contributed by atoms with Crippen LogP contribution in [0.1, 0.15) is 39.5 Å². The van der Waals surface area contributed by atoms with Crippen LogP contribution < -0.4 is 21.7 Å². The summed E-state index contributed by atoms with van der Waals surface area (Å²) in [5.41, 5.74) is 5.35. The summed E-state index contributed by atoms with van der Waals surface area (Å²) in [6, 6.07) is -2.03. The Bertz CT molecular complexity index is 511. The largest absolute Gasteiger partial charge is 0.480 e. The highest BCUT2D eigenvalue weighted by atomic mass is 16.4. The number of amides is 3. The van der Waals surface area contributed by atoms with Crippen molar-refractivity contribution in [3.63, 3.8) is 0 Å². The number of aldehydes is 1. The van der Waals surface area contributed by atoms with Gasteiger partial charge in [-0.3, -0.25) is 19.2 Å². The van der Waals surface area contributed by atoms with Crippen LogP contribution in [-0.2, 0) is 24.0 Å². The Morgan fingerprint density at radius 1 is 1.15 bits per heavy atom. The molecule has 3 amide bonds. The molecule has 0 saturated heterocycles. The summed E-state index contributed by atoms with van der Waals surface area (Å²) in [6.45, 7) is 3.51. The molecule has 0 aliphatic carbocycles. The Morgan fingerprint density at radius 3 is 2.31 bits per heavy atom. The zero-order valence-electron chi connectivity index (χ0n) is 15.1. The van der Waals surface area contributed by atoms with Crippen LogP contribution in [0.2, 0.25) is 0 Å². The second-order valence-electron chi connectivity index (χ2n) is 5.95. The fraction of sp³-hybridized carbons (Fsp3) is 0.688. The van der Waals surface area contributed by atoms with Crippen LogP contribution in [0, 0.1) is 5.92 Å². The van der Waals surface area contributed by atoms with E-state index < -0.39 is 42.3 Å². The van der Waals surface area contributed by atoms with Crippen molar-refractivity contribution < 1.29 is 29.1 Å². The lowest BCUT2D eigenvalue weighted by molar-refractivity contribution is -0.142. The van der Waals surface area contributed by atoms with Gasteiger partial charge in [-0.2, -0.15) is 0 Å². The van der Waals surface area contributed by atoms with E-state index in [-0.39, 0.29) is 18.6 Å². The lowest BCUT2D eigenvalue weighted by atomic mass is 9.98.